The van der Waals surface area contributed by atoms with Gasteiger partial charge in [-0.15, -0.1) is 0 Å². The fourth-order valence-electron chi connectivity index (χ4n) is 3.48. The zero-order chi connectivity index (χ0) is 19.3. The first-order valence-corrected chi connectivity index (χ1v) is 9.44. The van der Waals surface area contributed by atoms with E-state index in [4.69, 9.17) is 4.74 Å². The van der Waals surface area contributed by atoms with Crippen molar-refractivity contribution in [2.75, 3.05) is 11.9 Å². The van der Waals surface area contributed by atoms with Crippen molar-refractivity contribution in [2.24, 2.45) is 0 Å². The lowest BCUT2D eigenvalue weighted by Crippen LogP contribution is -2.15. The van der Waals surface area contributed by atoms with Gasteiger partial charge in [0.05, 0.1) is 11.3 Å². The van der Waals surface area contributed by atoms with Gasteiger partial charge in [-0.2, -0.15) is 0 Å². The third kappa shape index (κ3) is 3.96. The highest BCUT2D eigenvalue weighted by molar-refractivity contribution is 6.01. The van der Waals surface area contributed by atoms with E-state index < -0.39 is 5.97 Å². The molecule has 0 aromatic heterocycles. The number of carbonyl (C=O) groups excluding carboxylic acids is 2. The maximum absolute atomic E-state index is 12.6. The number of fused-ring (bicyclic) bond motifs is 1. The van der Waals surface area contributed by atoms with Crippen LogP contribution in [0.1, 0.15) is 38.3 Å². The number of para-hydroxylation sites is 2. The van der Waals surface area contributed by atoms with Gasteiger partial charge in [0.2, 0.25) is 0 Å². The molecular formula is C24H21NO3. The topological polar surface area (TPSA) is 55.4 Å². The number of aryl methyl sites for hydroxylation is 2. The fraction of sp³-hybridized carbons (Fsp3) is 0.167. The molecule has 0 fully saturated rings. The maximum atomic E-state index is 12.6. The quantitative estimate of drug-likeness (QED) is 0.492. The molecule has 28 heavy (non-hydrogen) atoms. The molecule has 0 saturated heterocycles. The Balaban J connectivity index is 1.43. The van der Waals surface area contributed by atoms with Crippen molar-refractivity contribution in [3.8, 4) is 0 Å². The molecule has 0 spiro atoms. The Labute approximate surface area is 164 Å². The second kappa shape index (κ2) is 8.09. The average molecular weight is 371 g/mol. The molecule has 0 aliphatic heterocycles. The summed E-state index contributed by atoms with van der Waals surface area (Å²) in [6.07, 6.45) is 3.21. The highest BCUT2D eigenvalue weighted by Gasteiger charge is 2.17. The molecule has 3 aromatic carbocycles. The van der Waals surface area contributed by atoms with Gasteiger partial charge in [-0.3, -0.25) is 4.79 Å². The van der Waals surface area contributed by atoms with Crippen LogP contribution >= 0.6 is 0 Å². The Morgan fingerprint density at radius 3 is 2.46 bits per heavy atom. The molecule has 0 unspecified atom stereocenters. The van der Waals surface area contributed by atoms with Gasteiger partial charge in [-0.1, -0.05) is 42.5 Å². The van der Waals surface area contributed by atoms with Gasteiger partial charge in [0.1, 0.15) is 0 Å². The predicted octanol–water partition coefficient (Wildman–Crippen LogP) is 4.96. The lowest BCUT2D eigenvalue weighted by Gasteiger charge is -2.12. The molecule has 0 atom stereocenters. The smallest absolute Gasteiger partial charge is 0.340 e. The lowest BCUT2D eigenvalue weighted by molar-refractivity contribution is 0.0475. The van der Waals surface area contributed by atoms with Crippen molar-refractivity contribution in [2.45, 2.75) is 19.3 Å². The van der Waals surface area contributed by atoms with Crippen LogP contribution in [-0.4, -0.2) is 18.4 Å². The Morgan fingerprint density at radius 2 is 1.61 bits per heavy atom. The predicted molar refractivity (Wildman–Crippen MR) is 109 cm³/mol. The fourth-order valence-corrected chi connectivity index (χ4v) is 3.48. The molecule has 0 heterocycles. The van der Waals surface area contributed by atoms with E-state index in [1.54, 1.807) is 12.1 Å². The number of anilines is 2. The molecule has 1 N–H and O–H groups in total. The van der Waals surface area contributed by atoms with Crippen LogP contribution < -0.4 is 5.32 Å². The number of nitrogens with one attached hydrogen (secondary N) is 1. The van der Waals surface area contributed by atoms with Gasteiger partial charge in [0.25, 0.3) is 0 Å². The zero-order valence-electron chi connectivity index (χ0n) is 15.5. The Bertz CT molecular complexity index is 1010. The molecule has 0 amide bonds. The van der Waals surface area contributed by atoms with Crippen LogP contribution in [0, 0.1) is 0 Å². The number of ketones is 1. The second-order valence-electron chi connectivity index (χ2n) is 6.87. The summed E-state index contributed by atoms with van der Waals surface area (Å²) in [6.45, 7) is -0.267. The van der Waals surface area contributed by atoms with Gasteiger partial charge in [-0.05, 0) is 60.7 Å². The zero-order valence-corrected chi connectivity index (χ0v) is 15.5. The van der Waals surface area contributed by atoms with E-state index in [-0.39, 0.29) is 12.4 Å². The number of esters is 1. The number of rotatable bonds is 6. The lowest BCUT2D eigenvalue weighted by atomic mass is 10.0. The third-order valence-corrected chi connectivity index (χ3v) is 4.95. The molecular weight excluding hydrogens is 350 g/mol. The van der Waals surface area contributed by atoms with Gasteiger partial charge in [-0.25, -0.2) is 4.79 Å². The summed E-state index contributed by atoms with van der Waals surface area (Å²) >= 11 is 0. The highest BCUT2D eigenvalue weighted by atomic mass is 16.5. The van der Waals surface area contributed by atoms with Crippen LogP contribution in [0.4, 0.5) is 11.4 Å². The van der Waals surface area contributed by atoms with E-state index in [0.29, 0.717) is 16.8 Å². The number of ether oxygens (including phenoxy) is 1. The molecule has 0 bridgehead atoms. The molecule has 140 valence electrons. The standard InChI is InChI=1S/C24H21NO3/c26-23(19-14-13-17-7-6-8-18(17)15-19)16-28-24(27)21-11-4-5-12-22(21)25-20-9-2-1-3-10-20/h1-5,9-15,25H,6-8,16H2. The number of Topliss-reactive ketones (excluding diaryl/α,β-unsaturated/α-hetero) is 1. The molecule has 4 rings (SSSR count). The number of benzene rings is 3. The van der Waals surface area contributed by atoms with Crippen LogP contribution in [0.5, 0.6) is 0 Å². The van der Waals surface area contributed by atoms with Crippen LogP contribution in [0.3, 0.4) is 0 Å². The molecule has 0 saturated carbocycles. The largest absolute Gasteiger partial charge is 0.454 e. The van der Waals surface area contributed by atoms with Crippen molar-refractivity contribution < 1.29 is 14.3 Å². The first-order valence-electron chi connectivity index (χ1n) is 9.44. The molecule has 0 radical (unpaired) electrons. The molecule has 3 aromatic rings. The molecule has 4 heteroatoms. The Morgan fingerprint density at radius 1 is 0.857 bits per heavy atom. The SMILES string of the molecule is O=C(COC(=O)c1ccccc1Nc1ccccc1)c1ccc2c(c1)CCC2. The number of hydrogen-bond acceptors (Lipinski definition) is 4. The monoisotopic (exact) mass is 371 g/mol. The van der Waals surface area contributed by atoms with Crippen LogP contribution in [-0.2, 0) is 17.6 Å². The van der Waals surface area contributed by atoms with Crippen molar-refractivity contribution in [1.82, 2.24) is 0 Å². The van der Waals surface area contributed by atoms with Crippen molar-refractivity contribution >= 4 is 23.1 Å². The van der Waals surface area contributed by atoms with E-state index in [1.807, 2.05) is 60.7 Å². The first-order chi connectivity index (χ1) is 13.7. The maximum Gasteiger partial charge on any atom is 0.340 e. The summed E-state index contributed by atoms with van der Waals surface area (Å²) in [4.78, 5) is 25.0. The summed E-state index contributed by atoms with van der Waals surface area (Å²) in [5.74, 6) is -0.704. The number of carbonyl (C=O) groups is 2. The number of hydrogen-bond donors (Lipinski definition) is 1. The summed E-state index contributed by atoms with van der Waals surface area (Å²) in [7, 11) is 0. The average Bonchev–Trinajstić information content (AvgIpc) is 3.21. The van der Waals surface area contributed by atoms with Gasteiger partial charge < -0.3 is 10.1 Å². The Kier molecular flexibility index (Phi) is 5.20. The minimum absolute atomic E-state index is 0.184. The molecule has 4 nitrogen and oxygen atoms in total. The molecule has 1 aliphatic carbocycles. The first kappa shape index (κ1) is 18.0. The Hall–Kier alpha value is -3.40. The van der Waals surface area contributed by atoms with Gasteiger partial charge >= 0.3 is 5.97 Å². The van der Waals surface area contributed by atoms with E-state index >= 15 is 0 Å². The van der Waals surface area contributed by atoms with E-state index in [1.165, 1.54) is 11.1 Å². The van der Waals surface area contributed by atoms with Crippen LogP contribution in [0.15, 0.2) is 72.8 Å². The summed E-state index contributed by atoms with van der Waals surface area (Å²) in [6, 6.07) is 22.5. The van der Waals surface area contributed by atoms with Crippen LogP contribution in [0.25, 0.3) is 0 Å². The van der Waals surface area contributed by atoms with Crippen molar-refractivity contribution in [3.63, 3.8) is 0 Å². The minimum Gasteiger partial charge on any atom is -0.454 e. The van der Waals surface area contributed by atoms with Gasteiger partial charge in [0, 0.05) is 11.3 Å². The van der Waals surface area contributed by atoms with Crippen molar-refractivity contribution in [3.05, 3.63) is 95.1 Å². The minimum atomic E-state index is -0.520. The second-order valence-corrected chi connectivity index (χ2v) is 6.87. The summed E-state index contributed by atoms with van der Waals surface area (Å²) < 4.78 is 5.31. The van der Waals surface area contributed by atoms with Gasteiger partial charge in [0.15, 0.2) is 12.4 Å². The van der Waals surface area contributed by atoms with Crippen LogP contribution in [0.2, 0.25) is 0 Å². The van der Waals surface area contributed by atoms with E-state index in [9.17, 15) is 9.59 Å². The highest BCUT2D eigenvalue weighted by Crippen LogP contribution is 2.24. The summed E-state index contributed by atoms with van der Waals surface area (Å²) in [5, 5.41) is 3.22. The van der Waals surface area contributed by atoms with E-state index in [2.05, 4.69) is 5.32 Å². The third-order valence-electron chi connectivity index (χ3n) is 4.95. The van der Waals surface area contributed by atoms with E-state index in [0.717, 1.165) is 24.9 Å². The van der Waals surface area contributed by atoms with Crippen molar-refractivity contribution in [1.29, 1.82) is 0 Å². The summed E-state index contributed by atoms with van der Waals surface area (Å²) in [5.41, 5.74) is 5.06. The normalized spacial score (nSPS) is 12.3. The molecule has 1 aliphatic rings.